The van der Waals surface area contributed by atoms with Crippen LogP contribution in [0.5, 0.6) is 5.75 Å². The Morgan fingerprint density at radius 1 is 1.30 bits per heavy atom. The fourth-order valence-corrected chi connectivity index (χ4v) is 2.75. The molecule has 1 aliphatic heterocycles. The molecule has 2 rings (SSSR count). The van der Waals surface area contributed by atoms with Crippen molar-refractivity contribution in [3.05, 3.63) is 40.4 Å². The van der Waals surface area contributed by atoms with Crippen LogP contribution in [-0.4, -0.2) is 49.1 Å². The van der Waals surface area contributed by atoms with Crippen molar-refractivity contribution in [2.24, 2.45) is 0 Å². The van der Waals surface area contributed by atoms with Crippen molar-refractivity contribution in [1.29, 1.82) is 0 Å². The number of halogens is 3. The summed E-state index contributed by atoms with van der Waals surface area (Å²) in [5.74, 6) is -0.0270. The van der Waals surface area contributed by atoms with Gasteiger partial charge in [0, 0.05) is 5.56 Å². The second-order valence-electron chi connectivity index (χ2n) is 5.24. The topological polar surface area (TPSA) is 116 Å². The Morgan fingerprint density at radius 3 is 2.30 bits per heavy atom. The fraction of sp³-hybridized carbons (Fsp3) is 0.286. The number of ketones is 1. The Morgan fingerprint density at radius 2 is 1.85 bits per heavy atom. The standard InChI is InChI=1S/C14H13F3N2O6S.Na/c1-8(20)9-2-4-10(5-3-9)25-7-19-6-11(14(15,16)17)12(18-13(19)21)26(22,23)24;/h2-5H,6-7H2,1H3,(H,18,21)(H,22,23,24);/q;+1/p-1. The van der Waals surface area contributed by atoms with Crippen LogP contribution in [0, 0.1) is 0 Å². The quantitative estimate of drug-likeness (QED) is 0.358. The summed E-state index contributed by atoms with van der Waals surface area (Å²) in [5, 5.41) is -0.266. The first-order chi connectivity index (χ1) is 11.9. The SMILES string of the molecule is CC(=O)c1ccc(OCN2CC(C(F)(F)F)=C(S(=O)(=O)[O-])NC2=O)cc1.[Na+]. The van der Waals surface area contributed by atoms with E-state index in [2.05, 4.69) is 0 Å². The van der Waals surface area contributed by atoms with Crippen molar-refractivity contribution in [3.8, 4) is 5.75 Å². The maximum absolute atomic E-state index is 13.0. The molecule has 0 aromatic heterocycles. The third-order valence-electron chi connectivity index (χ3n) is 3.37. The van der Waals surface area contributed by atoms with Crippen molar-refractivity contribution >= 4 is 21.9 Å². The van der Waals surface area contributed by atoms with Crippen LogP contribution in [0.15, 0.2) is 34.9 Å². The van der Waals surface area contributed by atoms with Crippen LogP contribution in [0.4, 0.5) is 18.0 Å². The van der Waals surface area contributed by atoms with Gasteiger partial charge in [0.25, 0.3) is 0 Å². The molecular weight excluding hydrogens is 404 g/mol. The first kappa shape index (κ1) is 23.4. The number of carbonyl (C=O) groups is 2. The van der Waals surface area contributed by atoms with E-state index in [1.807, 2.05) is 0 Å². The zero-order chi connectivity index (χ0) is 19.7. The van der Waals surface area contributed by atoms with Gasteiger partial charge in [0.2, 0.25) is 0 Å². The van der Waals surface area contributed by atoms with Crippen molar-refractivity contribution in [2.45, 2.75) is 13.1 Å². The number of hydrogen-bond donors (Lipinski definition) is 1. The number of benzene rings is 1. The third-order valence-corrected chi connectivity index (χ3v) is 4.22. The van der Waals surface area contributed by atoms with E-state index >= 15 is 0 Å². The van der Waals surface area contributed by atoms with Gasteiger partial charge in [0.1, 0.15) is 20.9 Å². The Hall–Kier alpha value is -1.60. The van der Waals surface area contributed by atoms with Gasteiger partial charge in [-0.15, -0.1) is 0 Å². The molecule has 27 heavy (non-hydrogen) atoms. The van der Waals surface area contributed by atoms with E-state index in [0.717, 1.165) is 0 Å². The number of urea groups is 1. The summed E-state index contributed by atoms with van der Waals surface area (Å²) in [7, 11) is -5.52. The molecule has 1 aliphatic rings. The maximum atomic E-state index is 13.0. The predicted molar refractivity (Wildman–Crippen MR) is 80.0 cm³/mol. The molecule has 0 unspecified atom stereocenters. The zero-order valence-electron chi connectivity index (χ0n) is 14.2. The number of nitrogens with zero attached hydrogens (tertiary/aromatic N) is 1. The first-order valence-electron chi connectivity index (χ1n) is 6.95. The summed E-state index contributed by atoms with van der Waals surface area (Å²) in [5.41, 5.74) is -1.30. The normalized spacial score (nSPS) is 15.1. The summed E-state index contributed by atoms with van der Waals surface area (Å²) >= 11 is 0. The molecule has 0 saturated carbocycles. The molecule has 0 fully saturated rings. The van der Waals surface area contributed by atoms with E-state index in [1.165, 1.54) is 36.5 Å². The van der Waals surface area contributed by atoms with Gasteiger partial charge in [-0.25, -0.2) is 13.2 Å². The van der Waals surface area contributed by atoms with Crippen molar-refractivity contribution in [2.75, 3.05) is 13.3 Å². The summed E-state index contributed by atoms with van der Waals surface area (Å²) in [4.78, 5) is 23.5. The maximum Gasteiger partial charge on any atom is 1.00 e. The van der Waals surface area contributed by atoms with Gasteiger partial charge in [0.15, 0.2) is 12.5 Å². The fourth-order valence-electron chi connectivity index (χ4n) is 2.06. The summed E-state index contributed by atoms with van der Waals surface area (Å²) in [6.07, 6.45) is -5.14. The zero-order valence-corrected chi connectivity index (χ0v) is 17.0. The number of Topliss-reactive ketones (excluding diaryl/α,β-unsaturated/α-hetero) is 1. The van der Waals surface area contributed by atoms with Gasteiger partial charge >= 0.3 is 41.8 Å². The molecule has 1 aromatic carbocycles. The second kappa shape index (κ2) is 8.61. The Balaban J connectivity index is 0.00000364. The number of nitrogens with one attached hydrogen (secondary N) is 1. The smallest absolute Gasteiger partial charge is 0.743 e. The number of alkyl halides is 3. The van der Waals surface area contributed by atoms with Crippen LogP contribution in [0.25, 0.3) is 0 Å². The van der Waals surface area contributed by atoms with Crippen LogP contribution in [0.3, 0.4) is 0 Å². The van der Waals surface area contributed by atoms with Crippen molar-refractivity contribution in [1.82, 2.24) is 10.2 Å². The molecule has 142 valence electrons. The van der Waals surface area contributed by atoms with Crippen LogP contribution in [0.2, 0.25) is 0 Å². The minimum absolute atomic E-state index is 0. The number of carbonyl (C=O) groups excluding carboxylic acids is 2. The van der Waals surface area contributed by atoms with Crippen LogP contribution >= 0.6 is 0 Å². The van der Waals surface area contributed by atoms with Gasteiger partial charge in [0.05, 0.1) is 12.1 Å². The van der Waals surface area contributed by atoms with Crippen LogP contribution in [0.1, 0.15) is 17.3 Å². The second-order valence-corrected chi connectivity index (χ2v) is 6.56. The minimum atomic E-state index is -5.52. The van der Waals surface area contributed by atoms with E-state index < -0.39 is 46.2 Å². The van der Waals surface area contributed by atoms with Crippen LogP contribution < -0.4 is 39.6 Å². The molecule has 13 heteroatoms. The number of ether oxygens (including phenoxy) is 1. The van der Waals surface area contributed by atoms with E-state index in [1.54, 1.807) is 0 Å². The number of hydrogen-bond acceptors (Lipinski definition) is 6. The van der Waals surface area contributed by atoms with Gasteiger partial charge in [-0.3, -0.25) is 15.0 Å². The van der Waals surface area contributed by atoms with E-state index in [0.29, 0.717) is 10.5 Å². The molecule has 0 radical (unpaired) electrons. The van der Waals surface area contributed by atoms with Gasteiger partial charge in [-0.2, -0.15) is 13.2 Å². The molecule has 0 spiro atoms. The summed E-state index contributed by atoms with van der Waals surface area (Å²) in [6.45, 7) is -0.463. The molecule has 0 atom stereocenters. The molecule has 0 saturated heterocycles. The number of rotatable bonds is 5. The van der Waals surface area contributed by atoms with Crippen molar-refractivity contribution < 1.29 is 70.0 Å². The van der Waals surface area contributed by atoms with Gasteiger partial charge < -0.3 is 9.29 Å². The van der Waals surface area contributed by atoms with Crippen molar-refractivity contribution in [3.63, 3.8) is 0 Å². The Kier molecular flexibility index (Phi) is 7.47. The Bertz CT molecular complexity index is 868. The molecule has 1 N–H and O–H groups in total. The summed E-state index contributed by atoms with van der Waals surface area (Å²) < 4.78 is 77.0. The largest absolute Gasteiger partial charge is 1.00 e. The molecule has 1 aromatic rings. The van der Waals surface area contributed by atoms with Gasteiger partial charge in [-0.05, 0) is 31.2 Å². The average molecular weight is 416 g/mol. The van der Waals surface area contributed by atoms with E-state index in [4.69, 9.17) is 4.74 Å². The monoisotopic (exact) mass is 416 g/mol. The first-order valence-corrected chi connectivity index (χ1v) is 8.36. The van der Waals surface area contributed by atoms with Crippen LogP contribution in [-0.2, 0) is 10.1 Å². The Labute approximate surface area is 174 Å². The summed E-state index contributed by atoms with van der Waals surface area (Å²) in [6, 6.07) is 4.39. The van der Waals surface area contributed by atoms with Gasteiger partial charge in [-0.1, -0.05) is 0 Å². The minimum Gasteiger partial charge on any atom is -0.743 e. The molecular formula is C14H12F3N2NaO6S. The molecule has 0 bridgehead atoms. The van der Waals surface area contributed by atoms with E-state index in [-0.39, 0.29) is 41.1 Å². The predicted octanol–water partition coefficient (Wildman–Crippen LogP) is -1.43. The molecule has 1 heterocycles. The third kappa shape index (κ3) is 5.94. The average Bonchev–Trinajstić information content (AvgIpc) is 2.51. The molecule has 0 aliphatic carbocycles. The van der Waals surface area contributed by atoms with E-state index in [9.17, 15) is 35.7 Å². The molecule has 2 amide bonds. The molecule has 8 nitrogen and oxygen atoms in total. The number of amides is 2.